The third-order valence-electron chi connectivity index (χ3n) is 2.51. The maximum atomic E-state index is 13.3. The molecule has 88 valence electrons. The molecule has 0 heterocycles. The maximum absolute atomic E-state index is 13.3. The van der Waals surface area contributed by atoms with Gasteiger partial charge in [-0.05, 0) is 30.7 Å². The fourth-order valence-electron chi connectivity index (χ4n) is 1.54. The van der Waals surface area contributed by atoms with Gasteiger partial charge in [-0.1, -0.05) is 29.8 Å². The van der Waals surface area contributed by atoms with E-state index in [1.54, 1.807) is 12.1 Å². The zero-order valence-electron chi connectivity index (χ0n) is 9.30. The molecule has 0 spiro atoms. The van der Waals surface area contributed by atoms with Gasteiger partial charge in [-0.15, -0.1) is 0 Å². The Balaban J connectivity index is 2.38. The number of nitrogens with one attached hydrogen (secondary N) is 1. The van der Waals surface area contributed by atoms with Crippen molar-refractivity contribution >= 4 is 28.7 Å². The molecule has 0 saturated heterocycles. The first-order chi connectivity index (χ1) is 8.09. The molecule has 2 aromatic carbocycles. The topological polar surface area (TPSA) is 38.0 Å². The highest BCUT2D eigenvalue weighted by atomic mass is 35.5. The van der Waals surface area contributed by atoms with E-state index in [-0.39, 0.29) is 5.69 Å². The van der Waals surface area contributed by atoms with Gasteiger partial charge in [0.2, 0.25) is 0 Å². The quantitative estimate of drug-likeness (QED) is 0.787. The number of aryl methyl sites for hydroxylation is 1. The van der Waals surface area contributed by atoms with Crippen molar-refractivity contribution in [2.45, 2.75) is 6.92 Å². The molecule has 0 aromatic heterocycles. The van der Waals surface area contributed by atoms with Crippen LogP contribution in [0.1, 0.15) is 5.56 Å². The zero-order valence-corrected chi connectivity index (χ0v) is 10.1. The summed E-state index contributed by atoms with van der Waals surface area (Å²) in [7, 11) is 0. The number of nitrogen functional groups attached to an aromatic ring is 1. The molecule has 2 rings (SSSR count). The van der Waals surface area contributed by atoms with Crippen LogP contribution in [0.2, 0.25) is 5.02 Å². The Bertz CT molecular complexity index is 506. The number of benzene rings is 2. The smallest absolute Gasteiger partial charge is 0.148 e. The summed E-state index contributed by atoms with van der Waals surface area (Å²) in [4.78, 5) is 0. The van der Waals surface area contributed by atoms with Crippen molar-refractivity contribution in [2.24, 2.45) is 0 Å². The molecule has 0 radical (unpaired) electrons. The molecule has 0 amide bonds. The summed E-state index contributed by atoms with van der Waals surface area (Å²) >= 11 is 6.14. The minimum atomic E-state index is -0.446. The number of hydrogen-bond donors (Lipinski definition) is 2. The van der Waals surface area contributed by atoms with Gasteiger partial charge in [0.1, 0.15) is 5.82 Å². The van der Waals surface area contributed by atoms with Crippen LogP contribution in [-0.4, -0.2) is 0 Å². The van der Waals surface area contributed by atoms with Crippen LogP contribution in [-0.2, 0) is 0 Å². The second-order valence-corrected chi connectivity index (χ2v) is 4.14. The van der Waals surface area contributed by atoms with Crippen molar-refractivity contribution in [3.8, 4) is 0 Å². The van der Waals surface area contributed by atoms with Crippen LogP contribution in [0.4, 0.5) is 21.5 Å². The van der Waals surface area contributed by atoms with E-state index in [0.29, 0.717) is 16.4 Å². The first kappa shape index (κ1) is 11.7. The molecule has 0 aliphatic carbocycles. The van der Waals surface area contributed by atoms with Crippen LogP contribution in [0.5, 0.6) is 0 Å². The van der Waals surface area contributed by atoms with E-state index in [0.717, 1.165) is 5.56 Å². The minimum absolute atomic E-state index is 0.0880. The lowest BCUT2D eigenvalue weighted by molar-refractivity contribution is 0.633. The summed E-state index contributed by atoms with van der Waals surface area (Å²) in [5.41, 5.74) is 7.90. The molecule has 0 unspecified atom stereocenters. The summed E-state index contributed by atoms with van der Waals surface area (Å²) in [6, 6.07) is 10.2. The molecule has 3 N–H and O–H groups in total. The van der Waals surface area contributed by atoms with Crippen molar-refractivity contribution in [3.05, 3.63) is 52.8 Å². The predicted octanol–water partition coefficient (Wildman–Crippen LogP) is 4.11. The molecule has 17 heavy (non-hydrogen) atoms. The maximum Gasteiger partial charge on any atom is 0.148 e. The zero-order chi connectivity index (χ0) is 12.4. The van der Waals surface area contributed by atoms with Crippen LogP contribution < -0.4 is 11.1 Å². The van der Waals surface area contributed by atoms with Crippen LogP contribution in [0, 0.1) is 12.7 Å². The normalized spacial score (nSPS) is 10.3. The SMILES string of the molecule is Cc1cccc(Nc2cccc(F)c2N)c1Cl. The molecule has 0 fully saturated rings. The first-order valence-corrected chi connectivity index (χ1v) is 5.53. The van der Waals surface area contributed by atoms with E-state index in [4.69, 9.17) is 17.3 Å². The summed E-state index contributed by atoms with van der Waals surface area (Å²) in [5.74, 6) is -0.446. The van der Waals surface area contributed by atoms with Crippen LogP contribution in [0.15, 0.2) is 36.4 Å². The van der Waals surface area contributed by atoms with Gasteiger partial charge in [-0.25, -0.2) is 4.39 Å². The molecule has 2 aromatic rings. The molecule has 0 saturated carbocycles. The number of hydrogen-bond acceptors (Lipinski definition) is 2. The van der Waals surface area contributed by atoms with Crippen molar-refractivity contribution in [3.63, 3.8) is 0 Å². The molecule has 0 atom stereocenters. The molecule has 0 bridgehead atoms. The minimum Gasteiger partial charge on any atom is -0.395 e. The van der Waals surface area contributed by atoms with Gasteiger partial charge in [0.25, 0.3) is 0 Å². The lowest BCUT2D eigenvalue weighted by Crippen LogP contribution is -1.99. The number of rotatable bonds is 2. The molecular formula is C13H12ClFN2. The Morgan fingerprint density at radius 2 is 1.76 bits per heavy atom. The Morgan fingerprint density at radius 3 is 2.53 bits per heavy atom. The first-order valence-electron chi connectivity index (χ1n) is 5.15. The Hall–Kier alpha value is -1.74. The van der Waals surface area contributed by atoms with E-state index in [9.17, 15) is 4.39 Å². The number of nitrogens with two attached hydrogens (primary N) is 1. The fourth-order valence-corrected chi connectivity index (χ4v) is 1.71. The average Bonchev–Trinajstić information content (AvgIpc) is 2.31. The largest absolute Gasteiger partial charge is 0.395 e. The fraction of sp³-hybridized carbons (Fsp3) is 0.0769. The second kappa shape index (κ2) is 4.63. The number of anilines is 3. The van der Waals surface area contributed by atoms with Crippen molar-refractivity contribution < 1.29 is 4.39 Å². The predicted molar refractivity (Wildman–Crippen MR) is 70.3 cm³/mol. The molecule has 2 nitrogen and oxygen atoms in total. The van der Waals surface area contributed by atoms with Crippen molar-refractivity contribution in [2.75, 3.05) is 11.1 Å². The molecule has 0 aliphatic rings. The summed E-state index contributed by atoms with van der Waals surface area (Å²) in [5, 5.41) is 3.63. The number of halogens is 2. The third-order valence-corrected chi connectivity index (χ3v) is 3.02. The Morgan fingerprint density at radius 1 is 1.12 bits per heavy atom. The molecule has 4 heteroatoms. The Kier molecular flexibility index (Phi) is 3.20. The van der Waals surface area contributed by atoms with Crippen molar-refractivity contribution in [1.82, 2.24) is 0 Å². The summed E-state index contributed by atoms with van der Waals surface area (Å²) in [6.07, 6.45) is 0. The standard InChI is InChI=1S/C13H12ClFN2/c1-8-4-2-6-10(12(8)14)17-11-7-3-5-9(15)13(11)16/h2-7,17H,16H2,1H3. The molecule has 0 aliphatic heterocycles. The van der Waals surface area contributed by atoms with E-state index >= 15 is 0 Å². The van der Waals surface area contributed by atoms with Gasteiger partial charge in [-0.3, -0.25) is 0 Å². The van der Waals surface area contributed by atoms with Gasteiger partial charge < -0.3 is 11.1 Å². The highest BCUT2D eigenvalue weighted by molar-refractivity contribution is 6.34. The monoisotopic (exact) mass is 250 g/mol. The van der Waals surface area contributed by atoms with Crippen LogP contribution in [0.25, 0.3) is 0 Å². The number of para-hydroxylation sites is 1. The lowest BCUT2D eigenvalue weighted by atomic mass is 10.2. The van der Waals surface area contributed by atoms with Gasteiger partial charge in [0.15, 0.2) is 0 Å². The Labute approximate surface area is 104 Å². The highest BCUT2D eigenvalue weighted by Gasteiger charge is 2.07. The average molecular weight is 251 g/mol. The van der Waals surface area contributed by atoms with E-state index in [1.807, 2.05) is 25.1 Å². The summed E-state index contributed by atoms with van der Waals surface area (Å²) < 4.78 is 13.3. The van der Waals surface area contributed by atoms with Crippen LogP contribution in [0.3, 0.4) is 0 Å². The van der Waals surface area contributed by atoms with Gasteiger partial charge in [0.05, 0.1) is 22.1 Å². The van der Waals surface area contributed by atoms with E-state index in [1.165, 1.54) is 6.07 Å². The second-order valence-electron chi connectivity index (χ2n) is 3.76. The molecular weight excluding hydrogens is 239 g/mol. The van der Waals surface area contributed by atoms with Crippen LogP contribution >= 0.6 is 11.6 Å². The lowest BCUT2D eigenvalue weighted by Gasteiger charge is -2.12. The van der Waals surface area contributed by atoms with Gasteiger partial charge in [0, 0.05) is 0 Å². The van der Waals surface area contributed by atoms with Crippen molar-refractivity contribution in [1.29, 1.82) is 0 Å². The van der Waals surface area contributed by atoms with E-state index < -0.39 is 5.82 Å². The van der Waals surface area contributed by atoms with Gasteiger partial charge in [-0.2, -0.15) is 0 Å². The van der Waals surface area contributed by atoms with E-state index in [2.05, 4.69) is 5.32 Å². The van der Waals surface area contributed by atoms with Gasteiger partial charge >= 0.3 is 0 Å². The highest BCUT2D eigenvalue weighted by Crippen LogP contribution is 2.31. The third kappa shape index (κ3) is 2.34. The summed E-state index contributed by atoms with van der Waals surface area (Å²) in [6.45, 7) is 1.91.